The Morgan fingerprint density at radius 2 is 0.958 bits per heavy atom. The normalized spacial score (nSPS) is 14.6. The van der Waals surface area contributed by atoms with Crippen LogP contribution in [0.4, 0.5) is 0 Å². The van der Waals surface area contributed by atoms with Gasteiger partial charge in [-0.05, 0) is 34.5 Å². The lowest BCUT2D eigenvalue weighted by atomic mass is 9.46. The second-order valence-corrected chi connectivity index (χ2v) is 11.0. The van der Waals surface area contributed by atoms with E-state index in [0.717, 1.165) is 0 Å². The maximum atomic E-state index is 12.6. The molecule has 0 aliphatic carbocycles. The molecule has 0 unspecified atom stereocenters. The van der Waals surface area contributed by atoms with E-state index in [-0.39, 0.29) is 17.3 Å². The van der Waals surface area contributed by atoms with Crippen molar-refractivity contribution in [3.05, 3.63) is 0 Å². The van der Waals surface area contributed by atoms with Gasteiger partial charge < -0.3 is 10.2 Å². The number of carboxylic acids is 2. The number of carbonyl (C=O) groups is 2. The third-order valence-electron chi connectivity index (χ3n) is 5.04. The molecule has 0 aliphatic rings. The van der Waals surface area contributed by atoms with E-state index in [1.54, 1.807) is 0 Å². The van der Waals surface area contributed by atoms with Crippen molar-refractivity contribution in [1.82, 2.24) is 0 Å². The number of carboxylic acid groups (broad SMARTS) is 2. The number of hydrogen-bond acceptors (Lipinski definition) is 2. The van der Waals surface area contributed by atoms with Crippen LogP contribution in [0.25, 0.3) is 0 Å². The third-order valence-corrected chi connectivity index (χ3v) is 5.04. The molecule has 4 nitrogen and oxygen atoms in total. The minimum Gasteiger partial charge on any atom is -0.481 e. The predicted molar refractivity (Wildman–Crippen MR) is 98.0 cm³/mol. The molecular weight excluding hydrogens is 304 g/mol. The van der Waals surface area contributed by atoms with Gasteiger partial charge in [-0.15, -0.1) is 0 Å². The molecule has 0 aliphatic heterocycles. The molecule has 2 N–H and O–H groups in total. The maximum absolute atomic E-state index is 12.6. The summed E-state index contributed by atoms with van der Waals surface area (Å²) in [6, 6.07) is 0. The van der Waals surface area contributed by atoms with Crippen LogP contribution in [0.5, 0.6) is 0 Å². The molecule has 0 amide bonds. The van der Waals surface area contributed by atoms with Crippen molar-refractivity contribution in [3.63, 3.8) is 0 Å². The monoisotopic (exact) mass is 342 g/mol. The van der Waals surface area contributed by atoms with Crippen LogP contribution in [0.15, 0.2) is 0 Å². The molecule has 0 atom stereocenters. The van der Waals surface area contributed by atoms with Gasteiger partial charge in [0.1, 0.15) is 0 Å². The number of rotatable bonds is 7. The fourth-order valence-corrected chi connectivity index (χ4v) is 5.23. The molecule has 0 heterocycles. The standard InChI is InChI=1S/C20H38O4/c1-16(2,3)12-18(7,8)20(15(23)24,11-14(21)22)19(9,10)13-17(4,5)6/h11-13H2,1-10H3,(H,21,22)(H,23,24). The third kappa shape index (κ3) is 5.22. The maximum Gasteiger partial charge on any atom is 0.311 e. The average molecular weight is 343 g/mol. The summed E-state index contributed by atoms with van der Waals surface area (Å²) in [5, 5.41) is 19.8. The summed E-state index contributed by atoms with van der Waals surface area (Å²) >= 11 is 0. The summed E-state index contributed by atoms with van der Waals surface area (Å²) in [4.78, 5) is 24.2. The smallest absolute Gasteiger partial charge is 0.311 e. The van der Waals surface area contributed by atoms with Gasteiger partial charge in [0.25, 0.3) is 0 Å². The summed E-state index contributed by atoms with van der Waals surface area (Å²) in [5.41, 5.74) is -2.90. The van der Waals surface area contributed by atoms with Crippen molar-refractivity contribution in [2.24, 2.45) is 27.1 Å². The molecule has 142 valence electrons. The van der Waals surface area contributed by atoms with E-state index in [1.165, 1.54) is 0 Å². The van der Waals surface area contributed by atoms with E-state index in [9.17, 15) is 19.8 Å². The van der Waals surface area contributed by atoms with Crippen molar-refractivity contribution >= 4 is 11.9 Å². The van der Waals surface area contributed by atoms with E-state index in [1.807, 2.05) is 27.7 Å². The second kappa shape index (κ2) is 6.68. The van der Waals surface area contributed by atoms with Gasteiger partial charge >= 0.3 is 11.9 Å². The predicted octanol–water partition coefficient (Wildman–Crippen LogP) is 5.46. The highest BCUT2D eigenvalue weighted by Crippen LogP contribution is 2.61. The van der Waals surface area contributed by atoms with Crippen molar-refractivity contribution in [1.29, 1.82) is 0 Å². The molecule has 0 radical (unpaired) electrons. The first-order valence-corrected chi connectivity index (χ1v) is 8.73. The van der Waals surface area contributed by atoms with Gasteiger partial charge in [-0.3, -0.25) is 9.59 Å². The van der Waals surface area contributed by atoms with Crippen LogP contribution in [0.1, 0.15) is 88.5 Å². The lowest BCUT2D eigenvalue weighted by Crippen LogP contribution is -2.57. The molecule has 4 heteroatoms. The Balaban J connectivity index is 6.47. The highest BCUT2D eigenvalue weighted by Gasteiger charge is 2.62. The summed E-state index contributed by atoms with van der Waals surface area (Å²) in [5.74, 6) is -2.06. The Bertz CT molecular complexity index is 445. The van der Waals surface area contributed by atoms with Crippen LogP contribution < -0.4 is 0 Å². The first kappa shape index (κ1) is 22.9. The highest BCUT2D eigenvalue weighted by molar-refractivity contribution is 5.83. The Labute approximate surface area is 148 Å². The fourth-order valence-electron chi connectivity index (χ4n) is 5.23. The van der Waals surface area contributed by atoms with Crippen LogP contribution in [0.3, 0.4) is 0 Å². The minimum atomic E-state index is -1.35. The molecule has 24 heavy (non-hydrogen) atoms. The zero-order valence-corrected chi connectivity index (χ0v) is 17.3. The van der Waals surface area contributed by atoms with E-state index in [0.29, 0.717) is 12.8 Å². The summed E-state index contributed by atoms with van der Waals surface area (Å²) in [7, 11) is 0. The van der Waals surface area contributed by atoms with Crippen LogP contribution >= 0.6 is 0 Å². The molecule has 0 rings (SSSR count). The molecule has 0 spiro atoms. The Kier molecular flexibility index (Phi) is 6.39. The van der Waals surface area contributed by atoms with Crippen LogP contribution in [-0.2, 0) is 9.59 Å². The van der Waals surface area contributed by atoms with Crippen molar-refractivity contribution in [2.75, 3.05) is 0 Å². The molecule has 0 bridgehead atoms. The molecule has 0 aromatic heterocycles. The van der Waals surface area contributed by atoms with E-state index < -0.39 is 28.2 Å². The zero-order chi connectivity index (χ0) is 19.8. The molecule has 0 saturated carbocycles. The van der Waals surface area contributed by atoms with Gasteiger partial charge in [-0.25, -0.2) is 0 Å². The minimum absolute atomic E-state index is 0.0967. The molecular formula is C20H38O4. The Morgan fingerprint density at radius 1 is 0.667 bits per heavy atom. The van der Waals surface area contributed by atoms with E-state index in [4.69, 9.17) is 0 Å². The van der Waals surface area contributed by atoms with Gasteiger partial charge in [-0.1, -0.05) is 69.2 Å². The quantitative estimate of drug-likeness (QED) is 0.644. The number of hydrogen-bond donors (Lipinski definition) is 2. The largest absolute Gasteiger partial charge is 0.481 e. The van der Waals surface area contributed by atoms with E-state index >= 15 is 0 Å². The molecule has 0 aromatic rings. The first-order valence-electron chi connectivity index (χ1n) is 8.73. The van der Waals surface area contributed by atoms with Crippen molar-refractivity contribution in [2.45, 2.75) is 88.5 Å². The molecule has 0 saturated heterocycles. The highest BCUT2D eigenvalue weighted by atomic mass is 16.4. The molecule has 0 aromatic carbocycles. The van der Waals surface area contributed by atoms with E-state index in [2.05, 4.69) is 41.5 Å². The van der Waals surface area contributed by atoms with Gasteiger partial charge in [0, 0.05) is 0 Å². The Hall–Kier alpha value is -1.06. The van der Waals surface area contributed by atoms with Crippen LogP contribution in [0, 0.1) is 27.1 Å². The first-order chi connectivity index (χ1) is 10.3. The number of aliphatic carboxylic acids is 2. The van der Waals surface area contributed by atoms with Crippen molar-refractivity contribution < 1.29 is 19.8 Å². The summed E-state index contributed by atoms with van der Waals surface area (Å²) < 4.78 is 0. The topological polar surface area (TPSA) is 74.6 Å². The summed E-state index contributed by atoms with van der Waals surface area (Å²) in [6.45, 7) is 20.1. The SMILES string of the molecule is CC(C)(C)CC(C)(C)C(CC(=O)O)(C(=O)O)C(C)(C)CC(C)(C)C. The molecule has 0 fully saturated rings. The van der Waals surface area contributed by atoms with Crippen LogP contribution in [-0.4, -0.2) is 22.2 Å². The lowest BCUT2D eigenvalue weighted by Gasteiger charge is -2.55. The lowest BCUT2D eigenvalue weighted by molar-refractivity contribution is -0.184. The van der Waals surface area contributed by atoms with Gasteiger partial charge in [0.2, 0.25) is 0 Å². The fraction of sp³-hybridized carbons (Fsp3) is 0.900. The van der Waals surface area contributed by atoms with Crippen molar-refractivity contribution in [3.8, 4) is 0 Å². The van der Waals surface area contributed by atoms with Gasteiger partial charge in [0.15, 0.2) is 0 Å². The Morgan fingerprint density at radius 3 is 1.12 bits per heavy atom. The summed E-state index contributed by atoms with van der Waals surface area (Å²) in [6.07, 6.45) is 0.898. The second-order valence-electron chi connectivity index (χ2n) is 11.0. The van der Waals surface area contributed by atoms with Crippen LogP contribution in [0.2, 0.25) is 0 Å². The van der Waals surface area contributed by atoms with Gasteiger partial charge in [-0.2, -0.15) is 0 Å². The van der Waals surface area contributed by atoms with Gasteiger partial charge in [0.05, 0.1) is 11.8 Å². The average Bonchev–Trinajstić information content (AvgIpc) is 2.16. The zero-order valence-electron chi connectivity index (χ0n) is 17.3.